The van der Waals surface area contributed by atoms with Crippen molar-refractivity contribution in [3.63, 3.8) is 0 Å². The third-order valence-electron chi connectivity index (χ3n) is 5.00. The topological polar surface area (TPSA) is 24.5 Å². The van der Waals surface area contributed by atoms with Crippen LogP contribution in [0.25, 0.3) is 0 Å². The van der Waals surface area contributed by atoms with Gasteiger partial charge in [-0.1, -0.05) is 6.07 Å². The van der Waals surface area contributed by atoms with Crippen LogP contribution in [0.3, 0.4) is 0 Å². The monoisotopic (exact) mass is 288 g/mol. The van der Waals surface area contributed by atoms with E-state index in [1.165, 1.54) is 43.5 Å². The van der Waals surface area contributed by atoms with E-state index in [1.54, 1.807) is 0 Å². The van der Waals surface area contributed by atoms with E-state index >= 15 is 0 Å². The number of anilines is 1. The molecule has 2 heterocycles. The summed E-state index contributed by atoms with van der Waals surface area (Å²) in [5.74, 6) is 1.000. The van der Waals surface area contributed by atoms with E-state index in [0.29, 0.717) is 6.04 Å². The average molecular weight is 288 g/mol. The molecule has 1 aromatic carbocycles. The number of nitrogens with zero attached hydrogens (tertiary/aromatic N) is 1. The van der Waals surface area contributed by atoms with E-state index < -0.39 is 0 Å². The second kappa shape index (κ2) is 5.88. The van der Waals surface area contributed by atoms with Gasteiger partial charge in [0.2, 0.25) is 0 Å². The summed E-state index contributed by atoms with van der Waals surface area (Å²) in [6, 6.07) is 7.11. The summed E-state index contributed by atoms with van der Waals surface area (Å²) in [6.07, 6.45) is 4.92. The van der Waals surface area contributed by atoms with Gasteiger partial charge in [0.25, 0.3) is 0 Å². The largest absolute Gasteiger partial charge is 0.492 e. The summed E-state index contributed by atoms with van der Waals surface area (Å²) in [5.41, 5.74) is 2.86. The summed E-state index contributed by atoms with van der Waals surface area (Å²) in [4.78, 5) is 2.59. The molecule has 0 aromatic heterocycles. The predicted molar refractivity (Wildman–Crippen MR) is 88.2 cm³/mol. The number of hydrogen-bond acceptors (Lipinski definition) is 3. The van der Waals surface area contributed by atoms with E-state index in [2.05, 4.69) is 49.2 Å². The minimum atomic E-state index is 0.178. The third kappa shape index (κ3) is 3.03. The van der Waals surface area contributed by atoms with Gasteiger partial charge in [-0.3, -0.25) is 4.90 Å². The molecule has 0 amide bonds. The molecule has 3 heteroatoms. The Kier molecular flexibility index (Phi) is 4.12. The van der Waals surface area contributed by atoms with Crippen molar-refractivity contribution < 1.29 is 4.74 Å². The zero-order chi connectivity index (χ0) is 14.9. The van der Waals surface area contributed by atoms with E-state index in [-0.39, 0.29) is 5.54 Å². The van der Waals surface area contributed by atoms with Crippen molar-refractivity contribution >= 4 is 5.69 Å². The van der Waals surface area contributed by atoms with Crippen molar-refractivity contribution in [1.82, 2.24) is 4.90 Å². The van der Waals surface area contributed by atoms with Crippen molar-refractivity contribution in [1.29, 1.82) is 0 Å². The number of fused-ring (bicyclic) bond motifs is 1. The Hall–Kier alpha value is -1.22. The molecule has 0 saturated carbocycles. The SMILES string of the molecule is CC(C)N1CCCC1(C)COc1ccc2c(c1)NCCC2. The molecule has 1 atom stereocenters. The average Bonchev–Trinajstić information content (AvgIpc) is 2.87. The number of aryl methyl sites for hydroxylation is 1. The van der Waals surface area contributed by atoms with Crippen LogP contribution in [0.4, 0.5) is 5.69 Å². The molecule has 0 aliphatic carbocycles. The molecule has 2 aliphatic rings. The molecular weight excluding hydrogens is 260 g/mol. The highest BCUT2D eigenvalue weighted by molar-refractivity contribution is 5.56. The highest BCUT2D eigenvalue weighted by atomic mass is 16.5. The number of likely N-dealkylation sites (tertiary alicyclic amines) is 1. The lowest BCUT2D eigenvalue weighted by atomic mass is 9.99. The molecule has 1 aromatic rings. The number of hydrogen-bond donors (Lipinski definition) is 1. The second-order valence-corrected chi connectivity index (χ2v) is 7.03. The number of benzene rings is 1. The normalized spacial score (nSPS) is 25.7. The number of rotatable bonds is 4. The van der Waals surface area contributed by atoms with Gasteiger partial charge in [0.05, 0.1) is 5.54 Å². The fourth-order valence-corrected chi connectivity index (χ4v) is 3.85. The zero-order valence-corrected chi connectivity index (χ0v) is 13.6. The fraction of sp³-hybridized carbons (Fsp3) is 0.667. The van der Waals surface area contributed by atoms with Crippen molar-refractivity contribution in [3.8, 4) is 5.75 Å². The molecule has 21 heavy (non-hydrogen) atoms. The summed E-state index contributed by atoms with van der Waals surface area (Å²) in [7, 11) is 0. The summed E-state index contributed by atoms with van der Waals surface area (Å²) in [6.45, 7) is 9.97. The first-order valence-corrected chi connectivity index (χ1v) is 8.35. The molecule has 1 N–H and O–H groups in total. The molecule has 1 unspecified atom stereocenters. The van der Waals surface area contributed by atoms with Crippen LogP contribution in [-0.2, 0) is 6.42 Å². The van der Waals surface area contributed by atoms with Crippen molar-refractivity contribution in [2.75, 3.05) is 25.0 Å². The van der Waals surface area contributed by atoms with Crippen LogP contribution in [0.15, 0.2) is 18.2 Å². The molecule has 3 nitrogen and oxygen atoms in total. The molecular formula is C18H28N2O. The minimum Gasteiger partial charge on any atom is -0.492 e. The van der Waals surface area contributed by atoms with E-state index in [4.69, 9.17) is 4.74 Å². The second-order valence-electron chi connectivity index (χ2n) is 7.03. The highest BCUT2D eigenvalue weighted by Crippen LogP contribution is 2.32. The Morgan fingerprint density at radius 2 is 2.19 bits per heavy atom. The Morgan fingerprint density at radius 3 is 3.00 bits per heavy atom. The Labute approximate surface area is 128 Å². The Bertz CT molecular complexity index is 500. The van der Waals surface area contributed by atoms with Crippen molar-refractivity contribution in [2.45, 2.75) is 58.0 Å². The summed E-state index contributed by atoms with van der Waals surface area (Å²) >= 11 is 0. The number of ether oxygens (including phenoxy) is 1. The predicted octanol–water partition coefficient (Wildman–Crippen LogP) is 3.69. The molecule has 2 aliphatic heterocycles. The van der Waals surface area contributed by atoms with Gasteiger partial charge in [-0.25, -0.2) is 0 Å². The van der Waals surface area contributed by atoms with Gasteiger partial charge in [0.1, 0.15) is 12.4 Å². The van der Waals surface area contributed by atoms with Gasteiger partial charge in [0.15, 0.2) is 0 Å². The minimum absolute atomic E-state index is 0.178. The smallest absolute Gasteiger partial charge is 0.121 e. The van der Waals surface area contributed by atoms with Gasteiger partial charge >= 0.3 is 0 Å². The molecule has 1 fully saturated rings. The van der Waals surface area contributed by atoms with Crippen LogP contribution >= 0.6 is 0 Å². The van der Waals surface area contributed by atoms with Crippen LogP contribution in [-0.4, -0.2) is 36.2 Å². The molecule has 0 bridgehead atoms. The first kappa shape index (κ1) is 14.7. The van der Waals surface area contributed by atoms with Crippen LogP contribution < -0.4 is 10.1 Å². The Balaban J connectivity index is 1.67. The lowest BCUT2D eigenvalue weighted by molar-refractivity contribution is 0.0664. The van der Waals surface area contributed by atoms with Gasteiger partial charge in [-0.2, -0.15) is 0 Å². The van der Waals surface area contributed by atoms with Crippen molar-refractivity contribution in [2.24, 2.45) is 0 Å². The maximum atomic E-state index is 6.16. The molecule has 0 radical (unpaired) electrons. The lowest BCUT2D eigenvalue weighted by Crippen LogP contribution is -2.49. The van der Waals surface area contributed by atoms with Crippen LogP contribution in [0.2, 0.25) is 0 Å². The van der Waals surface area contributed by atoms with Crippen LogP contribution in [0.1, 0.15) is 45.6 Å². The standard InChI is InChI=1S/C18H28N2O/c1-14(2)20-11-5-9-18(20,3)13-21-16-8-7-15-6-4-10-19-17(15)12-16/h7-8,12,14,19H,4-6,9-11,13H2,1-3H3. The molecule has 0 spiro atoms. The number of nitrogens with one attached hydrogen (secondary N) is 1. The summed E-state index contributed by atoms with van der Waals surface area (Å²) < 4.78 is 6.16. The van der Waals surface area contributed by atoms with Gasteiger partial charge < -0.3 is 10.1 Å². The lowest BCUT2D eigenvalue weighted by Gasteiger charge is -2.38. The molecule has 1 saturated heterocycles. The summed E-state index contributed by atoms with van der Waals surface area (Å²) in [5, 5.41) is 3.48. The quantitative estimate of drug-likeness (QED) is 0.914. The van der Waals surface area contributed by atoms with E-state index in [0.717, 1.165) is 18.9 Å². The zero-order valence-electron chi connectivity index (χ0n) is 13.6. The maximum absolute atomic E-state index is 6.16. The van der Waals surface area contributed by atoms with Crippen molar-refractivity contribution in [3.05, 3.63) is 23.8 Å². The Morgan fingerprint density at radius 1 is 1.33 bits per heavy atom. The van der Waals surface area contributed by atoms with Crippen LogP contribution in [0.5, 0.6) is 5.75 Å². The van der Waals surface area contributed by atoms with E-state index in [9.17, 15) is 0 Å². The van der Waals surface area contributed by atoms with E-state index in [1.807, 2.05) is 0 Å². The van der Waals surface area contributed by atoms with Gasteiger partial charge in [0, 0.05) is 24.3 Å². The highest BCUT2D eigenvalue weighted by Gasteiger charge is 2.38. The van der Waals surface area contributed by atoms with Crippen LogP contribution in [0, 0.1) is 0 Å². The molecule has 116 valence electrons. The molecule has 3 rings (SSSR count). The van der Waals surface area contributed by atoms with Gasteiger partial charge in [-0.15, -0.1) is 0 Å². The van der Waals surface area contributed by atoms with Gasteiger partial charge in [-0.05, 0) is 64.6 Å². The maximum Gasteiger partial charge on any atom is 0.121 e. The fourth-order valence-electron chi connectivity index (χ4n) is 3.85. The first-order valence-electron chi connectivity index (χ1n) is 8.35. The third-order valence-corrected chi connectivity index (χ3v) is 5.00. The first-order chi connectivity index (χ1) is 10.1.